The number of anilines is 1. The number of rotatable bonds is 4. The van der Waals surface area contributed by atoms with Crippen molar-refractivity contribution in [3.8, 4) is 33.5 Å². The van der Waals surface area contributed by atoms with Gasteiger partial charge >= 0.3 is 0 Å². The highest BCUT2D eigenvalue weighted by atomic mass is 35.5. The summed E-state index contributed by atoms with van der Waals surface area (Å²) >= 11 is 6.19. The highest BCUT2D eigenvalue weighted by Crippen LogP contribution is 2.35. The lowest BCUT2D eigenvalue weighted by Crippen LogP contribution is -1.95. The van der Waals surface area contributed by atoms with Crippen LogP contribution in [0.25, 0.3) is 33.5 Å². The molecule has 2 nitrogen and oxygen atoms in total. The fourth-order valence-electron chi connectivity index (χ4n) is 4.47. The van der Waals surface area contributed by atoms with Gasteiger partial charge in [0, 0.05) is 28.0 Å². The molecule has 4 aromatic rings. The fraction of sp³-hybridized carbons (Fsp3) is 0.179. The van der Waals surface area contributed by atoms with Crippen molar-refractivity contribution in [3.63, 3.8) is 0 Å². The monoisotopic (exact) mass is 426 g/mol. The number of hydrogen-bond acceptors (Lipinski definition) is 2. The lowest BCUT2D eigenvalue weighted by atomic mass is 9.91. The summed E-state index contributed by atoms with van der Waals surface area (Å²) in [5.74, 6) is 0. The Morgan fingerprint density at radius 1 is 0.806 bits per heavy atom. The second-order valence-corrected chi connectivity index (χ2v) is 8.60. The van der Waals surface area contributed by atoms with Gasteiger partial charge in [0.15, 0.2) is 0 Å². The molecule has 3 aromatic carbocycles. The van der Waals surface area contributed by atoms with Crippen molar-refractivity contribution in [1.29, 1.82) is 0 Å². The highest BCUT2D eigenvalue weighted by molar-refractivity contribution is 6.30. The number of nitrogens with two attached hydrogens (primary N) is 1. The predicted octanol–water partition coefficient (Wildman–Crippen LogP) is 7.81. The molecule has 0 spiro atoms. The van der Waals surface area contributed by atoms with E-state index in [1.54, 1.807) is 0 Å². The quantitative estimate of drug-likeness (QED) is 0.338. The Morgan fingerprint density at radius 2 is 1.52 bits per heavy atom. The molecule has 0 atom stereocenters. The number of benzene rings is 3. The topological polar surface area (TPSA) is 38.9 Å². The van der Waals surface area contributed by atoms with Gasteiger partial charge in [-0.3, -0.25) is 4.98 Å². The summed E-state index contributed by atoms with van der Waals surface area (Å²) in [6.07, 6.45) is 2.74. The first-order valence-corrected chi connectivity index (χ1v) is 11.0. The Morgan fingerprint density at radius 3 is 2.19 bits per heavy atom. The van der Waals surface area contributed by atoms with Crippen molar-refractivity contribution >= 4 is 17.3 Å². The number of halogens is 1. The third-order valence-electron chi connectivity index (χ3n) is 5.81. The Hall–Kier alpha value is -3.10. The predicted molar refractivity (Wildman–Crippen MR) is 134 cm³/mol. The van der Waals surface area contributed by atoms with Gasteiger partial charge in [-0.05, 0) is 90.9 Å². The minimum atomic E-state index is 0.748. The molecule has 0 aliphatic rings. The van der Waals surface area contributed by atoms with Crippen molar-refractivity contribution in [2.75, 3.05) is 5.73 Å². The molecule has 0 amide bonds. The number of nitrogen functional groups attached to an aromatic ring is 1. The number of pyridine rings is 1. The molecule has 0 unspecified atom stereocenters. The smallest absolute Gasteiger partial charge is 0.0710 e. The molecule has 0 bridgehead atoms. The molecule has 0 saturated heterocycles. The SMILES string of the molecule is CCc1cc(Cl)ccc1-c1cc(-c2ccc(-c3c(C)cc(C)cc3C)cc2N)ccn1. The minimum Gasteiger partial charge on any atom is -0.398 e. The van der Waals surface area contributed by atoms with Crippen LogP contribution in [0.3, 0.4) is 0 Å². The van der Waals surface area contributed by atoms with Crippen LogP contribution in [0.2, 0.25) is 5.02 Å². The maximum atomic E-state index is 6.55. The van der Waals surface area contributed by atoms with E-state index in [-0.39, 0.29) is 0 Å². The van der Waals surface area contributed by atoms with Gasteiger partial charge in [-0.25, -0.2) is 0 Å². The normalized spacial score (nSPS) is 11.0. The molecule has 0 fully saturated rings. The molecule has 1 heterocycles. The van der Waals surface area contributed by atoms with Crippen LogP contribution in [0.4, 0.5) is 5.69 Å². The number of hydrogen-bond donors (Lipinski definition) is 1. The third-order valence-corrected chi connectivity index (χ3v) is 6.05. The maximum absolute atomic E-state index is 6.55. The Kier molecular flexibility index (Phi) is 5.84. The molecular weight excluding hydrogens is 400 g/mol. The maximum Gasteiger partial charge on any atom is 0.0710 e. The minimum absolute atomic E-state index is 0.748. The average molecular weight is 427 g/mol. The average Bonchev–Trinajstić information content (AvgIpc) is 2.73. The first kappa shape index (κ1) is 21.1. The van der Waals surface area contributed by atoms with Crippen LogP contribution in [0.1, 0.15) is 29.2 Å². The zero-order valence-corrected chi connectivity index (χ0v) is 19.2. The van der Waals surface area contributed by atoms with E-state index in [2.05, 4.69) is 69.1 Å². The lowest BCUT2D eigenvalue weighted by Gasteiger charge is -2.15. The van der Waals surface area contributed by atoms with Crippen molar-refractivity contribution < 1.29 is 0 Å². The van der Waals surface area contributed by atoms with Crippen molar-refractivity contribution in [1.82, 2.24) is 4.98 Å². The molecule has 0 aliphatic carbocycles. The molecule has 2 N–H and O–H groups in total. The molecule has 156 valence electrons. The number of aryl methyl sites for hydroxylation is 4. The summed E-state index contributed by atoms with van der Waals surface area (Å²) < 4.78 is 0. The van der Waals surface area contributed by atoms with Crippen LogP contribution in [0, 0.1) is 20.8 Å². The standard InChI is InChI=1S/C28H27ClN2/c1-5-20-14-23(29)7-9-25(20)27-16-21(10-11-31-27)24-8-6-22(15-26(24)30)28-18(3)12-17(2)13-19(28)4/h6-16H,5,30H2,1-4H3. The summed E-state index contributed by atoms with van der Waals surface area (Å²) in [5, 5.41) is 0.748. The molecule has 0 saturated carbocycles. The van der Waals surface area contributed by atoms with Crippen molar-refractivity contribution in [3.05, 3.63) is 94.1 Å². The Labute approximate surface area is 189 Å². The first-order valence-electron chi connectivity index (χ1n) is 10.6. The lowest BCUT2D eigenvalue weighted by molar-refractivity contribution is 1.13. The van der Waals surface area contributed by atoms with Gasteiger partial charge in [-0.1, -0.05) is 54.4 Å². The summed E-state index contributed by atoms with van der Waals surface area (Å²) in [6.45, 7) is 8.58. The van der Waals surface area contributed by atoms with Gasteiger partial charge in [-0.15, -0.1) is 0 Å². The van der Waals surface area contributed by atoms with Gasteiger partial charge in [0.25, 0.3) is 0 Å². The second-order valence-electron chi connectivity index (χ2n) is 8.16. The van der Waals surface area contributed by atoms with Gasteiger partial charge in [0.1, 0.15) is 0 Å². The van der Waals surface area contributed by atoms with Crippen LogP contribution in [0.5, 0.6) is 0 Å². The molecule has 31 heavy (non-hydrogen) atoms. The van der Waals surface area contributed by atoms with Gasteiger partial charge in [0.2, 0.25) is 0 Å². The number of aromatic nitrogens is 1. The van der Waals surface area contributed by atoms with Gasteiger partial charge in [-0.2, -0.15) is 0 Å². The van der Waals surface area contributed by atoms with Crippen LogP contribution in [-0.2, 0) is 6.42 Å². The van der Waals surface area contributed by atoms with Crippen molar-refractivity contribution in [2.24, 2.45) is 0 Å². The summed E-state index contributed by atoms with van der Waals surface area (Å²) in [5.41, 5.74) is 18.8. The first-order chi connectivity index (χ1) is 14.9. The molecule has 0 aliphatic heterocycles. The molecule has 1 aromatic heterocycles. The zero-order valence-electron chi connectivity index (χ0n) is 18.5. The van der Waals surface area contributed by atoms with E-state index >= 15 is 0 Å². The molecular formula is C28H27ClN2. The summed E-state index contributed by atoms with van der Waals surface area (Å²) in [7, 11) is 0. The molecule has 0 radical (unpaired) electrons. The van der Waals surface area contributed by atoms with E-state index in [0.717, 1.165) is 45.1 Å². The van der Waals surface area contributed by atoms with E-state index in [9.17, 15) is 0 Å². The van der Waals surface area contributed by atoms with E-state index in [1.807, 2.05) is 30.5 Å². The molecule has 3 heteroatoms. The Bertz CT molecular complexity index is 1250. The van der Waals surface area contributed by atoms with Gasteiger partial charge < -0.3 is 5.73 Å². The number of nitrogens with zero attached hydrogens (tertiary/aromatic N) is 1. The van der Waals surface area contributed by atoms with E-state index < -0.39 is 0 Å². The van der Waals surface area contributed by atoms with Gasteiger partial charge in [0.05, 0.1) is 5.69 Å². The summed E-state index contributed by atoms with van der Waals surface area (Å²) in [6, 6.07) is 20.9. The Balaban J connectivity index is 1.76. The van der Waals surface area contributed by atoms with E-state index in [4.69, 9.17) is 17.3 Å². The van der Waals surface area contributed by atoms with Crippen LogP contribution >= 0.6 is 11.6 Å². The second kappa shape index (κ2) is 8.56. The van der Waals surface area contributed by atoms with E-state index in [1.165, 1.54) is 27.8 Å². The van der Waals surface area contributed by atoms with Crippen LogP contribution in [0.15, 0.2) is 66.9 Å². The molecule has 4 rings (SSSR count). The van der Waals surface area contributed by atoms with Crippen LogP contribution in [-0.4, -0.2) is 4.98 Å². The van der Waals surface area contributed by atoms with Crippen LogP contribution < -0.4 is 5.73 Å². The largest absolute Gasteiger partial charge is 0.398 e. The fourth-order valence-corrected chi connectivity index (χ4v) is 4.66. The third kappa shape index (κ3) is 4.22. The summed E-state index contributed by atoms with van der Waals surface area (Å²) in [4.78, 5) is 4.62. The zero-order chi connectivity index (χ0) is 22.1. The highest BCUT2D eigenvalue weighted by Gasteiger charge is 2.12. The van der Waals surface area contributed by atoms with Crippen molar-refractivity contribution in [2.45, 2.75) is 34.1 Å². The van der Waals surface area contributed by atoms with E-state index in [0.29, 0.717) is 0 Å².